The van der Waals surface area contributed by atoms with Gasteiger partial charge in [-0.05, 0) is 26.3 Å². The molecule has 0 radical (unpaired) electrons. The summed E-state index contributed by atoms with van der Waals surface area (Å²) in [7, 11) is 0. The maximum atomic E-state index is 9.41. The monoisotopic (exact) mass is 200 g/mol. The molecule has 0 aliphatic carbocycles. The Morgan fingerprint density at radius 1 is 1.31 bits per heavy atom. The van der Waals surface area contributed by atoms with Gasteiger partial charge in [-0.1, -0.05) is 42.7 Å². The summed E-state index contributed by atoms with van der Waals surface area (Å²) in [6, 6.07) is 0. The van der Waals surface area contributed by atoms with Crippen molar-refractivity contribution in [2.75, 3.05) is 0 Å². The van der Waals surface area contributed by atoms with Crippen LogP contribution in [0, 0.1) is 0 Å². The van der Waals surface area contributed by atoms with E-state index in [1.165, 1.54) is 0 Å². The van der Waals surface area contributed by atoms with E-state index in [4.69, 9.17) is 11.6 Å². The lowest BCUT2D eigenvalue weighted by Crippen LogP contribution is -1.80. The molecule has 0 amide bonds. The molecule has 0 bridgehead atoms. The van der Waals surface area contributed by atoms with Gasteiger partial charge in [-0.2, -0.15) is 0 Å². The van der Waals surface area contributed by atoms with Crippen molar-refractivity contribution in [3.05, 3.63) is 34.6 Å². The molecule has 0 aromatic carbocycles. The second kappa shape index (κ2) is 6.79. The highest BCUT2D eigenvalue weighted by atomic mass is 35.5. The second-order valence-corrected chi connectivity index (χ2v) is 3.54. The molecule has 13 heavy (non-hydrogen) atoms. The lowest BCUT2D eigenvalue weighted by molar-refractivity contribution is 0.429. The van der Waals surface area contributed by atoms with Crippen LogP contribution in [0.25, 0.3) is 0 Å². The summed E-state index contributed by atoms with van der Waals surface area (Å²) in [5, 5.41) is 9.84. The van der Waals surface area contributed by atoms with Crippen LogP contribution in [0.2, 0.25) is 0 Å². The fraction of sp³-hybridized carbons (Fsp3) is 0.455. The van der Waals surface area contributed by atoms with Gasteiger partial charge >= 0.3 is 0 Å². The largest absolute Gasteiger partial charge is 0.506 e. The van der Waals surface area contributed by atoms with Crippen LogP contribution in [-0.2, 0) is 0 Å². The predicted molar refractivity (Wildman–Crippen MR) is 59.0 cm³/mol. The lowest BCUT2D eigenvalue weighted by atomic mass is 10.2. The highest BCUT2D eigenvalue weighted by molar-refractivity contribution is 6.31. The number of hydrogen-bond donors (Lipinski definition) is 1. The van der Waals surface area contributed by atoms with Crippen molar-refractivity contribution in [1.29, 1.82) is 0 Å². The summed E-state index contributed by atoms with van der Waals surface area (Å²) < 4.78 is 0. The third-order valence-electron chi connectivity index (χ3n) is 1.43. The molecule has 0 aliphatic rings. The van der Waals surface area contributed by atoms with E-state index in [0.717, 1.165) is 18.4 Å². The van der Waals surface area contributed by atoms with Crippen LogP contribution in [0.1, 0.15) is 33.6 Å². The average Bonchev–Trinajstić information content (AvgIpc) is 2.10. The van der Waals surface area contributed by atoms with Crippen molar-refractivity contribution >= 4 is 11.6 Å². The minimum atomic E-state index is 0.135. The van der Waals surface area contributed by atoms with Gasteiger partial charge in [0.1, 0.15) is 5.76 Å². The Bertz CT molecular complexity index is 232. The van der Waals surface area contributed by atoms with Gasteiger partial charge in [0.2, 0.25) is 0 Å². The van der Waals surface area contributed by atoms with E-state index < -0.39 is 0 Å². The molecule has 0 atom stereocenters. The summed E-state index contributed by atoms with van der Waals surface area (Å²) in [6.07, 6.45) is 7.20. The lowest BCUT2D eigenvalue weighted by Gasteiger charge is -1.96. The zero-order chi connectivity index (χ0) is 10.3. The molecule has 0 heterocycles. The fourth-order valence-corrected chi connectivity index (χ4v) is 0.873. The first-order chi connectivity index (χ1) is 6.07. The highest BCUT2D eigenvalue weighted by Crippen LogP contribution is 2.13. The minimum absolute atomic E-state index is 0.135. The molecule has 0 spiro atoms. The van der Waals surface area contributed by atoms with Crippen LogP contribution in [0.15, 0.2) is 34.6 Å². The van der Waals surface area contributed by atoms with E-state index in [9.17, 15) is 5.11 Å². The summed E-state index contributed by atoms with van der Waals surface area (Å²) in [5.41, 5.74) is 1.13. The van der Waals surface area contributed by atoms with Gasteiger partial charge in [0.25, 0.3) is 0 Å². The topological polar surface area (TPSA) is 20.2 Å². The number of unbranched alkanes of at least 4 members (excludes halogenated alkanes) is 1. The Balaban J connectivity index is 4.32. The van der Waals surface area contributed by atoms with Crippen LogP contribution in [0.4, 0.5) is 0 Å². The molecule has 2 heteroatoms. The highest BCUT2D eigenvalue weighted by Gasteiger charge is 1.95. The Hall–Kier alpha value is -0.690. The van der Waals surface area contributed by atoms with Crippen molar-refractivity contribution in [2.24, 2.45) is 0 Å². The molecule has 1 N–H and O–H groups in total. The Kier molecular flexibility index (Phi) is 6.43. The number of rotatable bonds is 4. The van der Waals surface area contributed by atoms with Crippen LogP contribution in [-0.4, -0.2) is 5.11 Å². The molecule has 0 fully saturated rings. The van der Waals surface area contributed by atoms with Gasteiger partial charge in [-0.25, -0.2) is 0 Å². The Morgan fingerprint density at radius 3 is 2.38 bits per heavy atom. The zero-order valence-corrected chi connectivity index (χ0v) is 9.23. The molecule has 0 saturated carbocycles. The third kappa shape index (κ3) is 6.47. The average molecular weight is 201 g/mol. The van der Waals surface area contributed by atoms with E-state index in [2.05, 4.69) is 6.92 Å². The molecule has 0 aliphatic heterocycles. The van der Waals surface area contributed by atoms with E-state index in [-0.39, 0.29) is 5.76 Å². The molecular formula is C11H17ClO. The Morgan fingerprint density at radius 2 is 1.92 bits per heavy atom. The van der Waals surface area contributed by atoms with E-state index >= 15 is 0 Å². The normalized spacial score (nSPS) is 12.9. The molecule has 0 aromatic heterocycles. The number of halogens is 1. The van der Waals surface area contributed by atoms with E-state index in [0.29, 0.717) is 5.03 Å². The minimum Gasteiger partial charge on any atom is -0.506 e. The quantitative estimate of drug-likeness (QED) is 0.530. The van der Waals surface area contributed by atoms with Gasteiger partial charge in [0.05, 0.1) is 5.03 Å². The fourth-order valence-electron chi connectivity index (χ4n) is 0.701. The van der Waals surface area contributed by atoms with Gasteiger partial charge in [0, 0.05) is 0 Å². The van der Waals surface area contributed by atoms with Crippen molar-refractivity contribution < 1.29 is 5.11 Å². The second-order valence-electron chi connectivity index (χ2n) is 3.14. The summed E-state index contributed by atoms with van der Waals surface area (Å²) >= 11 is 5.81. The first-order valence-corrected chi connectivity index (χ1v) is 4.86. The number of allylic oxidation sites excluding steroid dienone is 5. The smallest absolute Gasteiger partial charge is 0.133 e. The van der Waals surface area contributed by atoms with E-state index in [1.807, 2.05) is 26.0 Å². The van der Waals surface area contributed by atoms with Gasteiger partial charge in [0.15, 0.2) is 0 Å². The zero-order valence-electron chi connectivity index (χ0n) is 8.47. The van der Waals surface area contributed by atoms with Crippen molar-refractivity contribution in [2.45, 2.75) is 33.6 Å². The molecule has 0 aromatic rings. The molecule has 0 saturated heterocycles. The summed E-state index contributed by atoms with van der Waals surface area (Å²) in [5.74, 6) is 0.135. The maximum absolute atomic E-state index is 9.41. The van der Waals surface area contributed by atoms with Crippen LogP contribution in [0.5, 0.6) is 0 Å². The SMILES string of the molecule is CCC/C=C(Cl)/C(O)=C\C=C(C)C. The van der Waals surface area contributed by atoms with Crippen LogP contribution < -0.4 is 0 Å². The Labute approximate surface area is 85.4 Å². The number of aliphatic hydroxyl groups excluding tert-OH is 1. The summed E-state index contributed by atoms with van der Waals surface area (Å²) in [6.45, 7) is 6.00. The van der Waals surface area contributed by atoms with Gasteiger partial charge in [-0.3, -0.25) is 0 Å². The summed E-state index contributed by atoms with van der Waals surface area (Å²) in [4.78, 5) is 0. The number of aliphatic hydroxyl groups is 1. The maximum Gasteiger partial charge on any atom is 0.133 e. The number of hydrogen-bond acceptors (Lipinski definition) is 1. The molecule has 74 valence electrons. The van der Waals surface area contributed by atoms with Crippen LogP contribution >= 0.6 is 11.6 Å². The predicted octanol–water partition coefficient (Wildman–Crippen LogP) is 4.32. The van der Waals surface area contributed by atoms with Crippen molar-refractivity contribution in [3.8, 4) is 0 Å². The standard InChI is InChI=1S/C11H17ClO/c1-4-5-6-10(12)11(13)8-7-9(2)3/h6-8,13H,4-5H2,1-3H3/b10-6-,11-8+. The molecule has 0 rings (SSSR count). The first kappa shape index (κ1) is 12.3. The van der Waals surface area contributed by atoms with Crippen molar-refractivity contribution in [1.82, 2.24) is 0 Å². The third-order valence-corrected chi connectivity index (χ3v) is 1.78. The van der Waals surface area contributed by atoms with Crippen molar-refractivity contribution in [3.63, 3.8) is 0 Å². The first-order valence-electron chi connectivity index (χ1n) is 4.48. The molecule has 0 unspecified atom stereocenters. The van der Waals surface area contributed by atoms with E-state index in [1.54, 1.807) is 6.08 Å². The van der Waals surface area contributed by atoms with Crippen LogP contribution in [0.3, 0.4) is 0 Å². The van der Waals surface area contributed by atoms with Gasteiger partial charge < -0.3 is 5.11 Å². The van der Waals surface area contributed by atoms with Gasteiger partial charge in [-0.15, -0.1) is 0 Å². The molecule has 1 nitrogen and oxygen atoms in total. The molecular weight excluding hydrogens is 184 g/mol.